The predicted octanol–water partition coefficient (Wildman–Crippen LogP) is -2.84. The Labute approximate surface area is 780 Å². The first-order valence-electron chi connectivity index (χ1n) is 45.2. The van der Waals surface area contributed by atoms with E-state index in [2.05, 4.69) is 63.3 Å². The number of benzene rings is 3. The van der Waals surface area contributed by atoms with Crippen LogP contribution in [0.5, 0.6) is 5.75 Å². The molecule has 0 radical (unpaired) electrons. The highest BCUT2D eigenvalue weighted by Crippen LogP contribution is 2.28. The van der Waals surface area contributed by atoms with Crippen molar-refractivity contribution >= 4 is 140 Å². The summed E-state index contributed by atoms with van der Waals surface area (Å²) in [7, 11) is 3.88. The van der Waals surface area contributed by atoms with Crippen LogP contribution < -0.4 is 76.1 Å². The number of aromatic amines is 1. The van der Waals surface area contributed by atoms with E-state index in [4.69, 9.17) is 22.9 Å². The van der Waals surface area contributed by atoms with Gasteiger partial charge in [0.25, 0.3) is 0 Å². The normalized spacial score (nSPS) is 24.9. The van der Waals surface area contributed by atoms with Gasteiger partial charge in [0.05, 0.1) is 36.0 Å². The highest BCUT2D eigenvalue weighted by molar-refractivity contribution is 8.00. The number of carboxylic acid groups (broad SMARTS) is 1. The molecule has 44 heteroatoms. The first-order chi connectivity index (χ1) is 63.6. The quantitative estimate of drug-likeness (QED) is 0.0265. The number of carboxylic acids is 1. The minimum atomic E-state index is -1.77. The van der Waals surface area contributed by atoms with E-state index >= 15 is 33.6 Å². The van der Waals surface area contributed by atoms with Crippen LogP contribution in [0.15, 0.2) is 79.0 Å². The minimum absolute atomic E-state index is 0.00577. The van der Waals surface area contributed by atoms with Crippen molar-refractivity contribution in [3.63, 3.8) is 0 Å². The van der Waals surface area contributed by atoms with Gasteiger partial charge < -0.3 is 121 Å². The van der Waals surface area contributed by atoms with E-state index in [0.29, 0.717) is 58.6 Å². The molecule has 3 saturated heterocycles. The third-order valence-electron chi connectivity index (χ3n) is 23.9. The van der Waals surface area contributed by atoms with Gasteiger partial charge in [0.2, 0.25) is 100 Å². The summed E-state index contributed by atoms with van der Waals surface area (Å²) in [6, 6.07) is -2.52. The minimum Gasteiger partial charge on any atom is -0.508 e. The maximum Gasteiger partial charge on any atom is 0.325 e. The van der Waals surface area contributed by atoms with Gasteiger partial charge in [0.15, 0.2) is 0 Å². The lowest BCUT2D eigenvalue weighted by Crippen LogP contribution is -2.62. The van der Waals surface area contributed by atoms with E-state index in [1.807, 2.05) is 13.8 Å². The van der Waals surface area contributed by atoms with Crippen molar-refractivity contribution in [2.24, 2.45) is 34.8 Å². The number of unbranched alkanes of at least 4 members (excludes halogenated alkanes) is 2. The molecule has 43 nitrogen and oxygen atoms in total. The number of aliphatic hydroxyl groups is 1. The van der Waals surface area contributed by atoms with Crippen LogP contribution in [0.1, 0.15) is 149 Å². The van der Waals surface area contributed by atoms with E-state index in [1.54, 1.807) is 82.4 Å². The van der Waals surface area contributed by atoms with Gasteiger partial charge in [-0.05, 0) is 106 Å². The number of nitrogens with two attached hydrogens (primary N) is 4. The van der Waals surface area contributed by atoms with Gasteiger partial charge in [-0.25, -0.2) is 0 Å². The van der Waals surface area contributed by atoms with Crippen molar-refractivity contribution in [2.75, 3.05) is 65.4 Å². The molecule has 0 bridgehead atoms. The number of aliphatic carboxylic acids is 1. The fourth-order valence-corrected chi connectivity index (χ4v) is 17.5. The van der Waals surface area contributed by atoms with Crippen LogP contribution in [-0.2, 0) is 112 Å². The summed E-state index contributed by atoms with van der Waals surface area (Å²) in [6.07, 6.45) is -0.775. The average molecular weight is 1890 g/mol. The lowest BCUT2D eigenvalue weighted by Gasteiger charge is -2.36. The number of aromatic nitrogens is 3. The van der Waals surface area contributed by atoms with E-state index in [1.165, 1.54) is 57.0 Å². The molecule has 134 heavy (non-hydrogen) atoms. The number of carbonyl (C=O) groups is 18. The first kappa shape index (κ1) is 107. The number of nitrogens with one attached hydrogen (secondary N) is 11. The van der Waals surface area contributed by atoms with Crippen molar-refractivity contribution in [3.05, 3.63) is 95.8 Å². The molecule has 0 saturated carbocycles. The molecule has 5 heterocycles. The van der Waals surface area contributed by atoms with Gasteiger partial charge >= 0.3 is 5.97 Å². The van der Waals surface area contributed by atoms with Crippen LogP contribution >= 0.6 is 11.8 Å². The van der Waals surface area contributed by atoms with Crippen LogP contribution in [0.3, 0.4) is 0 Å². The maximum atomic E-state index is 15.9. The number of aliphatic hydroxyl groups excluding tert-OH is 1. The van der Waals surface area contributed by atoms with E-state index in [0.717, 1.165) is 36.3 Å². The van der Waals surface area contributed by atoms with Gasteiger partial charge in [-0.3, -0.25) is 91.0 Å². The Kier molecular flexibility index (Phi) is 40.0. The molecule has 3 aromatic carbocycles. The Bertz CT molecular complexity index is 5050. The van der Waals surface area contributed by atoms with Crippen molar-refractivity contribution in [1.82, 2.24) is 92.4 Å². The zero-order valence-electron chi connectivity index (χ0n) is 77.3. The summed E-state index contributed by atoms with van der Waals surface area (Å²) in [5, 5.41) is 63.8. The molecule has 22 N–H and O–H groups in total. The van der Waals surface area contributed by atoms with Gasteiger partial charge in [-0.1, -0.05) is 116 Å². The predicted molar refractivity (Wildman–Crippen MR) is 492 cm³/mol. The van der Waals surface area contributed by atoms with Crippen LogP contribution in [0.2, 0.25) is 0 Å². The first-order valence-corrected chi connectivity index (χ1v) is 46.4. The highest BCUT2D eigenvalue weighted by Gasteiger charge is 2.47. The van der Waals surface area contributed by atoms with E-state index in [-0.39, 0.29) is 94.2 Å². The number of aromatic hydroxyl groups is 1. The number of hydrogen-bond acceptors (Lipinski definition) is 24. The van der Waals surface area contributed by atoms with E-state index < -0.39 is 254 Å². The molecule has 5 aromatic rings. The molecule has 0 unspecified atom stereocenters. The fraction of sp³-hybridized carbons (Fsp3) is 0.567. The highest BCUT2D eigenvalue weighted by atomic mass is 32.2. The summed E-state index contributed by atoms with van der Waals surface area (Å²) in [4.78, 5) is 270. The van der Waals surface area contributed by atoms with Crippen molar-refractivity contribution in [2.45, 2.75) is 248 Å². The summed E-state index contributed by atoms with van der Waals surface area (Å²) in [5.74, 6) is -19.0. The summed E-state index contributed by atoms with van der Waals surface area (Å²) in [6.45, 7) is 9.10. The number of hydrogen-bond donors (Lipinski definition) is 18. The monoisotopic (exact) mass is 1890 g/mol. The van der Waals surface area contributed by atoms with Gasteiger partial charge in [-0.2, -0.15) is 5.10 Å². The number of likely N-dealkylation sites (N-methyl/N-ethyl adjacent to an activating group) is 3. The number of thioether (sulfide) groups is 1. The molecule has 3 fully saturated rings. The summed E-state index contributed by atoms with van der Waals surface area (Å²) >= 11 is 0.782. The SMILES string of the molecule is CCCC[C@H]1C(=O)N(C)[C@@H](CCCC)C(=O)N[C@@H](CC(C)C)C(=O)N[C@H](C(=O)NCC(N)=O)CSCC(=O)N[C@@H](Cc2ccc(O)cc2)C(=O)N(C)[C@@H](C)C(=O)N[C@@H](CC(N)=O)C(=O)N2CCC[C@H]2C(=O)N[C@@H](CN)C(=O)N[C@@H](CC(C)C)C(=O)N2C[C@H](O)C[C@H]2C(=O)N[C@@H](Cc2c[nH]c3ccccc23)C(=O)N[C@@H](CCN)C(=O)N[C@@H](Cc2nn(CC(=O)O)c3ccccc23)C(=O)N1C. The number of phenols is 1. The lowest BCUT2D eigenvalue weighted by molar-refractivity contribution is -0.149. The number of amides is 17. The Morgan fingerprint density at radius 3 is 1.75 bits per heavy atom. The smallest absolute Gasteiger partial charge is 0.325 e. The van der Waals surface area contributed by atoms with Gasteiger partial charge in [0, 0.05) is 94.7 Å². The largest absolute Gasteiger partial charge is 0.508 e. The van der Waals surface area contributed by atoms with Crippen LogP contribution in [-0.4, -0.2) is 317 Å². The van der Waals surface area contributed by atoms with E-state index in [9.17, 15) is 68.1 Å². The number of rotatable bonds is 26. The Morgan fingerprint density at radius 1 is 0.560 bits per heavy atom. The molecule has 3 aliphatic rings. The van der Waals surface area contributed by atoms with Crippen molar-refractivity contribution < 1.29 is 102 Å². The molecule has 3 aliphatic heterocycles. The van der Waals surface area contributed by atoms with Gasteiger partial charge in [-0.15, -0.1) is 11.8 Å². The van der Waals surface area contributed by atoms with Crippen molar-refractivity contribution in [1.29, 1.82) is 0 Å². The van der Waals surface area contributed by atoms with Crippen LogP contribution in [0.25, 0.3) is 21.8 Å². The summed E-state index contributed by atoms with van der Waals surface area (Å²) in [5.41, 5.74) is 25.5. The van der Waals surface area contributed by atoms with Crippen LogP contribution in [0.4, 0.5) is 0 Å². The number of primary amides is 2. The number of fused-ring (bicyclic) bond motifs is 4. The second-order valence-corrected chi connectivity index (χ2v) is 36.2. The second-order valence-electron chi connectivity index (χ2n) is 35.1. The molecule has 0 spiro atoms. The third kappa shape index (κ3) is 29.3. The number of phenolic OH excluding ortho intramolecular Hbond substituents is 1. The molecule has 2 aromatic heterocycles. The van der Waals surface area contributed by atoms with Crippen molar-refractivity contribution in [3.8, 4) is 5.75 Å². The Morgan fingerprint density at radius 2 is 1.11 bits per heavy atom. The zero-order valence-corrected chi connectivity index (χ0v) is 78.1. The lowest BCUT2D eigenvalue weighted by atomic mass is 9.99. The molecular formula is C90H130N22O21S. The number of nitrogens with zero attached hydrogens (tertiary/aromatic N) is 7. The number of para-hydroxylation sites is 2. The molecule has 8 rings (SSSR count). The number of H-pyrrole nitrogens is 1. The maximum absolute atomic E-state index is 15.9. The van der Waals surface area contributed by atoms with Gasteiger partial charge in [0.1, 0.15) is 96.9 Å². The van der Waals surface area contributed by atoms with Crippen LogP contribution in [0, 0.1) is 11.8 Å². The second kappa shape index (κ2) is 50.3. The Balaban J connectivity index is 1.21. The molecule has 15 atom stereocenters. The molecular weight excluding hydrogens is 1760 g/mol. The Hall–Kier alpha value is -12.8. The molecule has 732 valence electrons. The third-order valence-corrected chi connectivity index (χ3v) is 24.9. The fourth-order valence-electron chi connectivity index (χ4n) is 16.6. The standard InChI is InChI=1S/C90H130N22O21S/c1-11-13-23-69-83(126)99-60(34-48(3)4)80(123)105-67(78(121)96-43-74(94)116)46-134-47-75(117)97-63(36-51-27-29-53(113)30-28-51)86(129)107(8)50(7)77(120)101-65(40-73(93)115)88(131)110-33-19-26-70(110)84(127)104-66(41-92)82(125)102-62(35-49(5)6)89(132)111-44-54(114)38-72(111)85(128)100-61(37-52-42-95-57-22-17-15-20-55(52)57)81(124)98-58(31-32-91)79(122)103-64(87(130)109(10)71(24-14-12-2)90(133)108(69)9)39-59-56-21-16-18-25-68(56)112(106-59)45-76(118)119/h15-18,20-22,25,27-30,42,48-50,54,58,60-67,69-72,95,113-114H,11-14,19,23-24,26,31-41,43-47,91-92H2,1-10H3,(H2,93,115)(H2,94,116)(H,96,121)(H,97,117)(H,98,124)(H,99,126)(H,100,128)(H,101,120)(H,102,125)(H,103,122)(H,104,127)(H,105,123)(H,118,119)/t50-,54+,58-,60-,61-,62-,63-,64-,65-,66-,67-,69-,70-,71-,72-/m0/s1. The average Bonchev–Trinajstić information content (AvgIpc) is 1.64. The number of carbonyl (C=O) groups excluding carboxylic acids is 17. The molecule has 0 aliphatic carbocycles. The summed E-state index contributed by atoms with van der Waals surface area (Å²) < 4.78 is 1.19. The molecule has 17 amide bonds. The zero-order chi connectivity index (χ0) is 98.6. The topological polar surface area (TPSA) is 642 Å².